The number of H-pyrrole nitrogens is 1. The van der Waals surface area contributed by atoms with Crippen molar-refractivity contribution in [3.05, 3.63) is 58.9 Å². The smallest absolute Gasteiger partial charge is 0.348 e. The van der Waals surface area contributed by atoms with Gasteiger partial charge >= 0.3 is 5.69 Å². The Bertz CT molecular complexity index is 1120. The summed E-state index contributed by atoms with van der Waals surface area (Å²) in [7, 11) is 0. The molecule has 0 saturated carbocycles. The van der Waals surface area contributed by atoms with Gasteiger partial charge in [-0.3, -0.25) is 4.90 Å². The summed E-state index contributed by atoms with van der Waals surface area (Å²) in [6, 6.07) is 10.1. The topological polar surface area (TPSA) is 75.8 Å². The summed E-state index contributed by atoms with van der Waals surface area (Å²) < 4.78 is 12.3. The molecule has 1 fully saturated rings. The molecule has 0 bridgehead atoms. The summed E-state index contributed by atoms with van der Waals surface area (Å²) in [6.45, 7) is 4.14. The number of hydrogen-bond acceptors (Lipinski definition) is 5. The summed E-state index contributed by atoms with van der Waals surface area (Å²) in [4.78, 5) is 14.7. The molecule has 0 spiro atoms. The zero-order chi connectivity index (χ0) is 17.5. The first-order chi connectivity index (χ1) is 12.8. The molecule has 4 aromatic rings. The van der Waals surface area contributed by atoms with Crippen LogP contribution in [-0.2, 0) is 11.3 Å². The lowest BCUT2D eigenvalue weighted by Crippen LogP contribution is -2.35. The van der Waals surface area contributed by atoms with Crippen molar-refractivity contribution in [1.29, 1.82) is 0 Å². The number of rotatable bonds is 3. The fourth-order valence-electron chi connectivity index (χ4n) is 3.60. The molecule has 5 rings (SSSR count). The Labute approximate surface area is 148 Å². The minimum Gasteiger partial charge on any atom is -0.472 e. The van der Waals surface area contributed by atoms with E-state index in [4.69, 9.17) is 9.15 Å². The molecule has 26 heavy (non-hydrogen) atoms. The fraction of sp³-hybridized carbons (Fsp3) is 0.263. The van der Waals surface area contributed by atoms with E-state index in [1.54, 1.807) is 16.9 Å². The van der Waals surface area contributed by atoms with Gasteiger partial charge in [0.05, 0.1) is 31.3 Å². The molecule has 3 aromatic heterocycles. The predicted octanol–water partition coefficient (Wildman–Crippen LogP) is 2.27. The molecule has 1 N–H and O–H groups in total. The molecule has 7 nitrogen and oxygen atoms in total. The van der Waals surface area contributed by atoms with Gasteiger partial charge in [-0.1, -0.05) is 12.1 Å². The number of nitrogens with one attached hydrogen (secondary N) is 1. The number of ether oxygens (including phenoxy) is 1. The Morgan fingerprint density at radius 2 is 2.00 bits per heavy atom. The molecule has 0 aliphatic carbocycles. The zero-order valence-electron chi connectivity index (χ0n) is 14.1. The average Bonchev–Trinajstić information content (AvgIpc) is 3.33. The van der Waals surface area contributed by atoms with Crippen LogP contribution in [-0.4, -0.2) is 45.8 Å². The van der Waals surface area contributed by atoms with E-state index >= 15 is 0 Å². The highest BCUT2D eigenvalue weighted by atomic mass is 16.5. The van der Waals surface area contributed by atoms with Crippen molar-refractivity contribution in [1.82, 2.24) is 19.5 Å². The van der Waals surface area contributed by atoms with Crippen LogP contribution >= 0.6 is 0 Å². The Hall–Kier alpha value is -2.90. The van der Waals surface area contributed by atoms with Crippen molar-refractivity contribution in [3.8, 4) is 11.1 Å². The van der Waals surface area contributed by atoms with E-state index in [1.165, 1.54) is 0 Å². The van der Waals surface area contributed by atoms with Gasteiger partial charge in [0.25, 0.3) is 0 Å². The number of furan rings is 1. The van der Waals surface area contributed by atoms with Crippen LogP contribution in [0.4, 0.5) is 0 Å². The van der Waals surface area contributed by atoms with Crippen molar-refractivity contribution >= 4 is 16.6 Å². The summed E-state index contributed by atoms with van der Waals surface area (Å²) in [5.74, 6) is 0. The van der Waals surface area contributed by atoms with Crippen LogP contribution in [0.2, 0.25) is 0 Å². The van der Waals surface area contributed by atoms with Crippen molar-refractivity contribution in [2.75, 3.05) is 26.3 Å². The monoisotopic (exact) mass is 350 g/mol. The van der Waals surface area contributed by atoms with E-state index in [0.29, 0.717) is 5.65 Å². The van der Waals surface area contributed by atoms with Gasteiger partial charge in [0.2, 0.25) is 0 Å². The van der Waals surface area contributed by atoms with Crippen molar-refractivity contribution in [2.24, 2.45) is 0 Å². The first-order valence-corrected chi connectivity index (χ1v) is 8.65. The molecule has 1 aromatic carbocycles. The molecule has 0 atom stereocenters. The van der Waals surface area contributed by atoms with E-state index in [1.807, 2.05) is 18.2 Å². The molecule has 132 valence electrons. The lowest BCUT2D eigenvalue weighted by Gasteiger charge is -2.27. The Morgan fingerprint density at radius 1 is 1.12 bits per heavy atom. The van der Waals surface area contributed by atoms with Crippen LogP contribution in [0.1, 0.15) is 5.56 Å². The Morgan fingerprint density at radius 3 is 2.81 bits per heavy atom. The van der Waals surface area contributed by atoms with Crippen LogP contribution in [0.15, 0.2) is 52.1 Å². The highest BCUT2D eigenvalue weighted by molar-refractivity contribution is 5.89. The van der Waals surface area contributed by atoms with Crippen molar-refractivity contribution in [3.63, 3.8) is 0 Å². The standard InChI is InChI=1S/C19H18N4O3/c24-19-21-20-18-10-15(11-22-4-7-25-8-5-22)16-2-1-13(9-17(16)23(18)19)14-3-6-26-12-14/h1-3,6,9-10,12H,4-5,7-8,11H2,(H,21,24). The molecular weight excluding hydrogens is 332 g/mol. The van der Waals surface area contributed by atoms with Crippen LogP contribution < -0.4 is 5.69 Å². The highest BCUT2D eigenvalue weighted by Gasteiger charge is 2.16. The number of hydrogen-bond donors (Lipinski definition) is 1. The van der Waals surface area contributed by atoms with E-state index in [2.05, 4.69) is 27.2 Å². The summed E-state index contributed by atoms with van der Waals surface area (Å²) >= 11 is 0. The number of morpholine rings is 1. The second kappa shape index (κ2) is 6.12. The lowest BCUT2D eigenvalue weighted by atomic mass is 10.0. The van der Waals surface area contributed by atoms with Crippen LogP contribution in [0.25, 0.3) is 27.7 Å². The molecule has 1 aliphatic rings. The normalized spacial score (nSPS) is 15.8. The maximum Gasteiger partial charge on any atom is 0.348 e. The lowest BCUT2D eigenvalue weighted by molar-refractivity contribution is 0.0344. The first-order valence-electron chi connectivity index (χ1n) is 8.65. The van der Waals surface area contributed by atoms with E-state index in [-0.39, 0.29) is 5.69 Å². The molecule has 0 amide bonds. The quantitative estimate of drug-likeness (QED) is 0.613. The number of benzene rings is 1. The number of pyridine rings is 1. The molecule has 1 aliphatic heterocycles. The predicted molar refractivity (Wildman–Crippen MR) is 97.1 cm³/mol. The number of nitrogens with zero attached hydrogens (tertiary/aromatic N) is 3. The molecular formula is C19H18N4O3. The second-order valence-corrected chi connectivity index (χ2v) is 6.52. The van der Waals surface area contributed by atoms with Crippen molar-refractivity contribution in [2.45, 2.75) is 6.54 Å². The molecule has 1 saturated heterocycles. The summed E-state index contributed by atoms with van der Waals surface area (Å²) in [5, 5.41) is 7.79. The van der Waals surface area contributed by atoms with Gasteiger partial charge in [-0.15, -0.1) is 0 Å². The average molecular weight is 350 g/mol. The maximum absolute atomic E-state index is 12.3. The van der Waals surface area contributed by atoms with Gasteiger partial charge in [-0.25, -0.2) is 14.3 Å². The molecule has 7 heteroatoms. The Kier molecular flexibility index (Phi) is 3.62. The maximum atomic E-state index is 12.3. The van der Waals surface area contributed by atoms with Crippen LogP contribution in [0.3, 0.4) is 0 Å². The van der Waals surface area contributed by atoms with Crippen molar-refractivity contribution < 1.29 is 9.15 Å². The van der Waals surface area contributed by atoms with Gasteiger partial charge in [-0.05, 0) is 29.3 Å². The summed E-state index contributed by atoms with van der Waals surface area (Å²) in [5.41, 5.74) is 4.40. The molecule has 4 heterocycles. The SMILES string of the molecule is O=c1[nH]nc2cc(CN3CCOCC3)c3ccc(-c4ccoc4)cc3n12. The van der Waals surface area contributed by atoms with E-state index < -0.39 is 0 Å². The zero-order valence-corrected chi connectivity index (χ0v) is 14.1. The van der Waals surface area contributed by atoms with Crippen LogP contribution in [0, 0.1) is 0 Å². The van der Waals surface area contributed by atoms with Gasteiger partial charge in [0.15, 0.2) is 5.65 Å². The third-order valence-corrected chi connectivity index (χ3v) is 4.94. The minimum atomic E-state index is -0.229. The highest BCUT2D eigenvalue weighted by Crippen LogP contribution is 2.28. The summed E-state index contributed by atoms with van der Waals surface area (Å²) in [6.07, 6.45) is 3.35. The minimum absolute atomic E-state index is 0.229. The van der Waals surface area contributed by atoms with Gasteiger partial charge < -0.3 is 9.15 Å². The second-order valence-electron chi connectivity index (χ2n) is 6.52. The molecule has 0 radical (unpaired) electrons. The fourth-order valence-corrected chi connectivity index (χ4v) is 3.60. The first kappa shape index (κ1) is 15.4. The third-order valence-electron chi connectivity index (χ3n) is 4.94. The third kappa shape index (κ3) is 2.53. The number of fused-ring (bicyclic) bond motifs is 3. The number of aromatic amines is 1. The largest absolute Gasteiger partial charge is 0.472 e. The Balaban J connectivity index is 1.70. The van der Waals surface area contributed by atoms with Crippen LogP contribution in [0.5, 0.6) is 0 Å². The van der Waals surface area contributed by atoms with Gasteiger partial charge in [-0.2, -0.15) is 5.10 Å². The van der Waals surface area contributed by atoms with Gasteiger partial charge in [0, 0.05) is 30.6 Å². The van der Waals surface area contributed by atoms with E-state index in [0.717, 1.165) is 60.4 Å². The van der Waals surface area contributed by atoms with Gasteiger partial charge in [0.1, 0.15) is 0 Å². The van der Waals surface area contributed by atoms with E-state index in [9.17, 15) is 4.79 Å². The number of aromatic nitrogens is 3. The molecule has 0 unspecified atom stereocenters.